The number of hydrogen-bond acceptors (Lipinski definition) is 6. The summed E-state index contributed by atoms with van der Waals surface area (Å²) in [7, 11) is 0. The third-order valence-corrected chi connectivity index (χ3v) is 5.21. The molecule has 0 bridgehead atoms. The fraction of sp³-hybridized carbons (Fsp3) is 0.647. The van der Waals surface area contributed by atoms with Crippen LogP contribution in [0.3, 0.4) is 0 Å². The van der Waals surface area contributed by atoms with Gasteiger partial charge in [-0.05, 0) is 39.5 Å². The number of nitrogens with one attached hydrogen (secondary N) is 1. The average Bonchev–Trinajstić information content (AvgIpc) is 3.22. The minimum absolute atomic E-state index is 0.0173. The van der Waals surface area contributed by atoms with E-state index in [1.165, 1.54) is 0 Å². The Hall–Kier alpha value is -2.02. The predicted molar refractivity (Wildman–Crippen MR) is 89.9 cm³/mol. The Morgan fingerprint density at radius 2 is 2.25 bits per heavy atom. The van der Waals surface area contributed by atoms with Crippen molar-refractivity contribution in [1.29, 1.82) is 0 Å². The summed E-state index contributed by atoms with van der Waals surface area (Å²) < 4.78 is 7.57. The lowest BCUT2D eigenvalue weighted by Crippen LogP contribution is -2.36. The first-order chi connectivity index (χ1) is 11.7. The maximum absolute atomic E-state index is 5.59. The lowest BCUT2D eigenvalue weighted by molar-refractivity contribution is 0.0780. The smallest absolute Gasteiger partial charge is 0.136 e. The maximum atomic E-state index is 5.59. The van der Waals surface area contributed by atoms with E-state index in [0.717, 1.165) is 56.2 Å². The third-order valence-electron chi connectivity index (χ3n) is 5.21. The topological polar surface area (TPSA) is 77.8 Å². The van der Waals surface area contributed by atoms with Gasteiger partial charge in [0.2, 0.25) is 0 Å². The summed E-state index contributed by atoms with van der Waals surface area (Å²) >= 11 is 0. The van der Waals surface area contributed by atoms with Crippen molar-refractivity contribution in [3.63, 3.8) is 0 Å². The lowest BCUT2D eigenvalue weighted by Gasteiger charge is -2.26. The Bertz CT molecular complexity index is 691. The molecule has 1 N–H and O–H groups in total. The van der Waals surface area contributed by atoms with Crippen LogP contribution in [0.5, 0.6) is 0 Å². The van der Waals surface area contributed by atoms with Crippen molar-refractivity contribution in [3.05, 3.63) is 30.0 Å². The molecule has 0 radical (unpaired) electrons. The van der Waals surface area contributed by atoms with Gasteiger partial charge >= 0.3 is 0 Å². The molecule has 1 saturated heterocycles. The van der Waals surface area contributed by atoms with Crippen LogP contribution in [0.25, 0.3) is 0 Å². The van der Waals surface area contributed by atoms with Gasteiger partial charge in [-0.25, -0.2) is 14.6 Å². The van der Waals surface area contributed by atoms with E-state index in [9.17, 15) is 0 Å². The zero-order valence-electron chi connectivity index (χ0n) is 14.3. The lowest BCUT2D eigenvalue weighted by atomic mass is 10.0. The largest absolute Gasteiger partial charge is 0.381 e. The van der Waals surface area contributed by atoms with Crippen LogP contribution in [0, 0.1) is 6.92 Å². The molecule has 2 unspecified atom stereocenters. The third kappa shape index (κ3) is 2.88. The molecule has 1 aliphatic carbocycles. The first-order valence-corrected chi connectivity index (χ1v) is 8.74. The highest BCUT2D eigenvalue weighted by Gasteiger charge is 2.50. The molecule has 2 aromatic heterocycles. The van der Waals surface area contributed by atoms with Crippen LogP contribution < -0.4 is 5.32 Å². The molecule has 128 valence electrons. The van der Waals surface area contributed by atoms with Crippen LogP contribution in [-0.4, -0.2) is 44.2 Å². The Kier molecular flexibility index (Phi) is 3.96. The zero-order valence-corrected chi connectivity index (χ0v) is 14.3. The van der Waals surface area contributed by atoms with E-state index >= 15 is 0 Å². The van der Waals surface area contributed by atoms with Crippen LogP contribution in [0.4, 0.5) is 5.82 Å². The summed E-state index contributed by atoms with van der Waals surface area (Å²) in [5.41, 5.74) is 1.01. The van der Waals surface area contributed by atoms with E-state index in [1.807, 2.05) is 23.9 Å². The Morgan fingerprint density at radius 1 is 1.38 bits per heavy atom. The molecule has 0 aromatic carbocycles. The van der Waals surface area contributed by atoms with E-state index in [4.69, 9.17) is 9.72 Å². The van der Waals surface area contributed by atoms with Crippen molar-refractivity contribution in [2.24, 2.45) is 0 Å². The van der Waals surface area contributed by atoms with E-state index in [0.29, 0.717) is 5.92 Å². The molecule has 0 amide bonds. The van der Waals surface area contributed by atoms with Crippen molar-refractivity contribution in [1.82, 2.24) is 25.0 Å². The van der Waals surface area contributed by atoms with Gasteiger partial charge in [0.25, 0.3) is 0 Å². The summed E-state index contributed by atoms with van der Waals surface area (Å²) in [6.07, 6.45) is 8.08. The number of rotatable bonds is 5. The van der Waals surface area contributed by atoms with E-state index in [2.05, 4.69) is 27.5 Å². The van der Waals surface area contributed by atoms with Gasteiger partial charge in [-0.2, -0.15) is 0 Å². The molecule has 2 aromatic rings. The van der Waals surface area contributed by atoms with Crippen LogP contribution in [0.15, 0.2) is 18.5 Å². The number of hydrogen-bond donors (Lipinski definition) is 1. The molecule has 24 heavy (non-hydrogen) atoms. The van der Waals surface area contributed by atoms with Crippen LogP contribution in [0.2, 0.25) is 0 Å². The van der Waals surface area contributed by atoms with E-state index in [1.54, 1.807) is 6.20 Å². The molecular weight excluding hydrogens is 304 g/mol. The molecule has 2 fully saturated rings. The molecule has 1 aliphatic heterocycles. The summed E-state index contributed by atoms with van der Waals surface area (Å²) in [5, 5.41) is 11.7. The van der Waals surface area contributed by atoms with Gasteiger partial charge in [0.15, 0.2) is 0 Å². The number of nitrogens with zero attached hydrogens (tertiary/aromatic N) is 5. The normalized spacial score (nSPS) is 23.7. The van der Waals surface area contributed by atoms with Crippen LogP contribution in [0.1, 0.15) is 50.0 Å². The Labute approximate surface area is 141 Å². The zero-order chi connectivity index (χ0) is 16.6. The highest BCUT2D eigenvalue weighted by atomic mass is 16.5. The molecule has 7 nitrogen and oxygen atoms in total. The van der Waals surface area contributed by atoms with Gasteiger partial charge in [-0.1, -0.05) is 5.21 Å². The number of anilines is 1. The average molecular weight is 328 g/mol. The second-order valence-corrected chi connectivity index (χ2v) is 6.98. The molecule has 3 heterocycles. The maximum Gasteiger partial charge on any atom is 0.136 e. The second-order valence-electron chi connectivity index (χ2n) is 6.98. The van der Waals surface area contributed by atoms with E-state index in [-0.39, 0.29) is 11.6 Å². The highest BCUT2D eigenvalue weighted by molar-refractivity contribution is 5.39. The quantitative estimate of drug-likeness (QED) is 0.907. The van der Waals surface area contributed by atoms with Gasteiger partial charge in [0, 0.05) is 30.5 Å². The number of aromatic nitrogens is 5. The van der Waals surface area contributed by atoms with Crippen LogP contribution >= 0.6 is 0 Å². The monoisotopic (exact) mass is 328 g/mol. The standard InChI is InChI=1S/C17H24N6O/c1-12-10-15(21-16(19-12)14-4-3-9-24-11-14)20-13(2)17(5-6-17)23-8-7-18-22-23/h7-8,10,13-14H,3-6,9,11H2,1-2H3,(H,19,20,21). The summed E-state index contributed by atoms with van der Waals surface area (Å²) in [4.78, 5) is 9.41. The Balaban J connectivity index is 1.53. The SMILES string of the molecule is Cc1cc(NC(C)C2(n3ccnn3)CC2)nc(C2CCCOC2)n1. The van der Waals surface area contributed by atoms with Gasteiger partial charge in [-0.15, -0.1) is 5.10 Å². The van der Waals surface area contributed by atoms with Crippen molar-refractivity contribution in [2.45, 2.75) is 57.0 Å². The number of ether oxygens (including phenoxy) is 1. The molecule has 1 saturated carbocycles. The van der Waals surface area contributed by atoms with Gasteiger partial charge in [0.05, 0.1) is 24.4 Å². The summed E-state index contributed by atoms with van der Waals surface area (Å²) in [6.45, 7) is 5.79. The first kappa shape index (κ1) is 15.5. The fourth-order valence-electron chi connectivity index (χ4n) is 3.58. The molecule has 2 atom stereocenters. The van der Waals surface area contributed by atoms with Gasteiger partial charge in [-0.3, -0.25) is 0 Å². The van der Waals surface area contributed by atoms with Crippen molar-refractivity contribution >= 4 is 5.82 Å². The van der Waals surface area contributed by atoms with Crippen molar-refractivity contribution in [3.8, 4) is 0 Å². The fourth-order valence-corrected chi connectivity index (χ4v) is 3.58. The second kappa shape index (κ2) is 6.12. The van der Waals surface area contributed by atoms with Crippen molar-refractivity contribution in [2.75, 3.05) is 18.5 Å². The summed E-state index contributed by atoms with van der Waals surface area (Å²) in [6, 6.07) is 2.24. The highest BCUT2D eigenvalue weighted by Crippen LogP contribution is 2.46. The van der Waals surface area contributed by atoms with Crippen LogP contribution in [-0.2, 0) is 10.3 Å². The predicted octanol–water partition coefficient (Wildman–Crippen LogP) is 2.26. The van der Waals surface area contributed by atoms with Crippen molar-refractivity contribution < 1.29 is 4.74 Å². The molecule has 2 aliphatic rings. The minimum atomic E-state index is 0.0173. The minimum Gasteiger partial charge on any atom is -0.381 e. The number of aryl methyl sites for hydroxylation is 1. The Morgan fingerprint density at radius 3 is 2.92 bits per heavy atom. The van der Waals surface area contributed by atoms with E-state index < -0.39 is 0 Å². The van der Waals surface area contributed by atoms with Gasteiger partial charge < -0.3 is 10.1 Å². The molecule has 4 rings (SSSR count). The first-order valence-electron chi connectivity index (χ1n) is 8.74. The molecule has 0 spiro atoms. The summed E-state index contributed by atoms with van der Waals surface area (Å²) in [5.74, 6) is 2.09. The molecular formula is C17H24N6O. The molecule has 7 heteroatoms. The van der Waals surface area contributed by atoms with Gasteiger partial charge in [0.1, 0.15) is 11.6 Å².